The number of hydrogen-bond acceptors (Lipinski definition) is 2. The molecule has 76 valence electrons. The molecule has 1 heterocycles. The van der Waals surface area contributed by atoms with Crippen molar-refractivity contribution in [2.45, 2.75) is 45.2 Å². The van der Waals surface area contributed by atoms with E-state index in [1.807, 2.05) is 0 Å². The van der Waals surface area contributed by atoms with E-state index in [0.717, 1.165) is 17.9 Å². The summed E-state index contributed by atoms with van der Waals surface area (Å²) < 4.78 is 0. The van der Waals surface area contributed by atoms with Crippen LogP contribution in [0.2, 0.25) is 0 Å². The predicted molar refractivity (Wildman–Crippen MR) is 55.5 cm³/mol. The van der Waals surface area contributed by atoms with Crippen molar-refractivity contribution < 1.29 is 0 Å². The van der Waals surface area contributed by atoms with Crippen molar-refractivity contribution >= 4 is 0 Å². The zero-order valence-corrected chi connectivity index (χ0v) is 8.87. The number of fused-ring (bicyclic) bond motifs is 1. The van der Waals surface area contributed by atoms with Gasteiger partial charge < -0.3 is 10.6 Å². The van der Waals surface area contributed by atoms with E-state index >= 15 is 0 Å². The van der Waals surface area contributed by atoms with Gasteiger partial charge in [0.2, 0.25) is 0 Å². The fourth-order valence-corrected chi connectivity index (χ4v) is 2.95. The molecule has 0 spiro atoms. The van der Waals surface area contributed by atoms with Crippen LogP contribution in [0.3, 0.4) is 0 Å². The van der Waals surface area contributed by atoms with Crippen molar-refractivity contribution in [3.8, 4) is 0 Å². The van der Waals surface area contributed by atoms with Crippen LogP contribution in [0.4, 0.5) is 0 Å². The summed E-state index contributed by atoms with van der Waals surface area (Å²) in [5, 5.41) is 0. The van der Waals surface area contributed by atoms with Gasteiger partial charge in [0.05, 0.1) is 0 Å². The summed E-state index contributed by atoms with van der Waals surface area (Å²) in [5.41, 5.74) is 5.97. The van der Waals surface area contributed by atoms with E-state index in [1.54, 1.807) is 0 Å². The fraction of sp³-hybridized carbons (Fsp3) is 1.00. The van der Waals surface area contributed by atoms with Crippen molar-refractivity contribution in [1.82, 2.24) is 4.90 Å². The van der Waals surface area contributed by atoms with Gasteiger partial charge >= 0.3 is 0 Å². The Morgan fingerprint density at radius 2 is 2.23 bits per heavy atom. The molecule has 2 rings (SSSR count). The molecular weight excluding hydrogens is 160 g/mol. The monoisotopic (exact) mass is 182 g/mol. The maximum Gasteiger partial charge on any atom is 0.00857 e. The summed E-state index contributed by atoms with van der Waals surface area (Å²) in [7, 11) is 0. The van der Waals surface area contributed by atoms with Gasteiger partial charge in [-0.15, -0.1) is 0 Å². The minimum atomic E-state index is 0.517. The molecule has 2 fully saturated rings. The van der Waals surface area contributed by atoms with Crippen molar-refractivity contribution in [3.05, 3.63) is 0 Å². The van der Waals surface area contributed by atoms with Crippen LogP contribution in [0.1, 0.15) is 33.1 Å². The summed E-state index contributed by atoms with van der Waals surface area (Å²) in [4.78, 5) is 2.64. The Balaban J connectivity index is 1.84. The average Bonchev–Trinajstić information content (AvgIpc) is 2.43. The zero-order chi connectivity index (χ0) is 9.42. The number of nitrogens with two attached hydrogens (primary N) is 1. The molecule has 3 unspecified atom stereocenters. The maximum absolute atomic E-state index is 5.97. The second-order valence-electron chi connectivity index (χ2n) is 4.92. The molecule has 4 atom stereocenters. The van der Waals surface area contributed by atoms with Crippen molar-refractivity contribution in [3.63, 3.8) is 0 Å². The van der Waals surface area contributed by atoms with Gasteiger partial charge in [-0.05, 0) is 31.6 Å². The smallest absolute Gasteiger partial charge is 0.00857 e. The summed E-state index contributed by atoms with van der Waals surface area (Å²) in [6.07, 6.45) is 3.92. The van der Waals surface area contributed by atoms with E-state index < -0.39 is 0 Å². The van der Waals surface area contributed by atoms with E-state index in [-0.39, 0.29) is 0 Å². The van der Waals surface area contributed by atoms with Crippen LogP contribution in [0.15, 0.2) is 0 Å². The second kappa shape index (κ2) is 3.58. The molecule has 2 aliphatic rings. The Hall–Kier alpha value is -0.0800. The molecule has 0 radical (unpaired) electrons. The van der Waals surface area contributed by atoms with Crippen LogP contribution in [0.25, 0.3) is 0 Å². The minimum absolute atomic E-state index is 0.517. The Morgan fingerprint density at radius 1 is 1.46 bits per heavy atom. The Kier molecular flexibility index (Phi) is 2.61. The van der Waals surface area contributed by atoms with E-state index in [1.165, 1.54) is 32.4 Å². The first-order valence-corrected chi connectivity index (χ1v) is 5.72. The van der Waals surface area contributed by atoms with Crippen molar-refractivity contribution in [2.75, 3.05) is 13.1 Å². The standard InChI is InChI=1S/C11H22N2/c1-3-4-8(2)13-6-9-5-11(12)10(9)7-13/h8-11H,3-7,12H2,1-2H3/t8?,9?,10?,11-/m1/s1. The highest BCUT2D eigenvalue weighted by molar-refractivity contribution is 5.00. The van der Waals surface area contributed by atoms with Gasteiger partial charge in [-0.25, -0.2) is 0 Å². The van der Waals surface area contributed by atoms with E-state index in [9.17, 15) is 0 Å². The number of rotatable bonds is 3. The van der Waals surface area contributed by atoms with Gasteiger partial charge in [-0.2, -0.15) is 0 Å². The highest BCUT2D eigenvalue weighted by Crippen LogP contribution is 2.40. The SMILES string of the molecule is CCCC(C)N1CC2C[C@@H](N)C2C1. The molecule has 1 saturated heterocycles. The minimum Gasteiger partial charge on any atom is -0.327 e. The molecule has 0 amide bonds. The normalized spacial score (nSPS) is 41.3. The summed E-state index contributed by atoms with van der Waals surface area (Å²) in [6.45, 7) is 7.22. The summed E-state index contributed by atoms with van der Waals surface area (Å²) in [5.74, 6) is 1.77. The van der Waals surface area contributed by atoms with Gasteiger partial charge in [-0.3, -0.25) is 0 Å². The molecule has 1 aliphatic heterocycles. The first-order valence-electron chi connectivity index (χ1n) is 5.72. The van der Waals surface area contributed by atoms with Gasteiger partial charge in [-0.1, -0.05) is 13.3 Å². The molecule has 2 nitrogen and oxygen atoms in total. The lowest BCUT2D eigenvalue weighted by Crippen LogP contribution is -2.46. The third-order valence-corrected chi connectivity index (χ3v) is 3.97. The molecule has 0 aromatic carbocycles. The van der Waals surface area contributed by atoms with Crippen LogP contribution < -0.4 is 5.73 Å². The van der Waals surface area contributed by atoms with E-state index in [4.69, 9.17) is 5.73 Å². The Morgan fingerprint density at radius 3 is 2.77 bits per heavy atom. The Labute approximate surface area is 81.5 Å². The topological polar surface area (TPSA) is 29.3 Å². The second-order valence-corrected chi connectivity index (χ2v) is 4.92. The molecule has 0 aromatic rings. The quantitative estimate of drug-likeness (QED) is 0.716. The molecule has 1 saturated carbocycles. The van der Waals surface area contributed by atoms with E-state index in [2.05, 4.69) is 18.7 Å². The van der Waals surface area contributed by atoms with Crippen molar-refractivity contribution in [2.24, 2.45) is 17.6 Å². The van der Waals surface area contributed by atoms with Crippen molar-refractivity contribution in [1.29, 1.82) is 0 Å². The maximum atomic E-state index is 5.97. The molecule has 13 heavy (non-hydrogen) atoms. The fourth-order valence-electron chi connectivity index (χ4n) is 2.95. The lowest BCUT2D eigenvalue weighted by atomic mass is 9.72. The van der Waals surface area contributed by atoms with E-state index in [0.29, 0.717) is 6.04 Å². The number of likely N-dealkylation sites (tertiary alicyclic amines) is 1. The largest absolute Gasteiger partial charge is 0.327 e. The zero-order valence-electron chi connectivity index (χ0n) is 8.87. The third kappa shape index (κ3) is 1.62. The lowest BCUT2D eigenvalue weighted by molar-refractivity contribution is 0.194. The molecule has 2 heteroatoms. The predicted octanol–water partition coefficient (Wildman–Crippen LogP) is 1.45. The highest BCUT2D eigenvalue weighted by Gasteiger charge is 2.45. The highest BCUT2D eigenvalue weighted by atomic mass is 15.2. The van der Waals surface area contributed by atoms with Crippen LogP contribution >= 0.6 is 0 Å². The summed E-state index contributed by atoms with van der Waals surface area (Å²) in [6, 6.07) is 1.30. The van der Waals surface area contributed by atoms with Crippen LogP contribution in [0.5, 0.6) is 0 Å². The molecule has 2 N–H and O–H groups in total. The molecular formula is C11H22N2. The van der Waals surface area contributed by atoms with Crippen LogP contribution in [-0.2, 0) is 0 Å². The van der Waals surface area contributed by atoms with Crippen LogP contribution in [0, 0.1) is 11.8 Å². The molecule has 0 aromatic heterocycles. The Bertz CT molecular complexity index is 181. The van der Waals surface area contributed by atoms with Gasteiger partial charge in [0.25, 0.3) is 0 Å². The first-order chi connectivity index (χ1) is 6.22. The van der Waals surface area contributed by atoms with Gasteiger partial charge in [0.1, 0.15) is 0 Å². The molecule has 0 bridgehead atoms. The van der Waals surface area contributed by atoms with Gasteiger partial charge in [0.15, 0.2) is 0 Å². The lowest BCUT2D eigenvalue weighted by Gasteiger charge is -2.36. The van der Waals surface area contributed by atoms with Crippen LogP contribution in [-0.4, -0.2) is 30.1 Å². The summed E-state index contributed by atoms with van der Waals surface area (Å²) >= 11 is 0. The number of nitrogens with zero attached hydrogens (tertiary/aromatic N) is 1. The number of hydrogen-bond donors (Lipinski definition) is 1. The average molecular weight is 182 g/mol. The first kappa shape index (κ1) is 9.47. The van der Waals surface area contributed by atoms with Gasteiger partial charge in [0, 0.05) is 25.2 Å². The molecule has 1 aliphatic carbocycles. The third-order valence-electron chi connectivity index (χ3n) is 3.97.